The van der Waals surface area contributed by atoms with Crippen LogP contribution < -0.4 is 0 Å². The van der Waals surface area contributed by atoms with E-state index in [4.69, 9.17) is 0 Å². The maximum absolute atomic E-state index is 11.6. The number of hydrogen-bond donors (Lipinski definition) is 1. The van der Waals surface area contributed by atoms with Crippen LogP contribution in [0.1, 0.15) is 82.8 Å². The van der Waals surface area contributed by atoms with Crippen molar-refractivity contribution in [2.45, 2.75) is 73.6 Å². The number of rotatable bonds is 5. The van der Waals surface area contributed by atoms with E-state index in [0.29, 0.717) is 11.5 Å². The first kappa shape index (κ1) is 19.7. The summed E-state index contributed by atoms with van der Waals surface area (Å²) in [6, 6.07) is 3.58. The lowest BCUT2D eigenvalue weighted by Gasteiger charge is -2.28. The summed E-state index contributed by atoms with van der Waals surface area (Å²) in [5.74, 6) is 0.677. The van der Waals surface area contributed by atoms with E-state index in [9.17, 15) is 9.90 Å². The fraction of sp³-hybridized carbons (Fsp3) is 0.632. The molecule has 21 heavy (non-hydrogen) atoms. The fourth-order valence-electron chi connectivity index (χ4n) is 2.49. The van der Waals surface area contributed by atoms with Crippen LogP contribution in [0.3, 0.4) is 0 Å². The van der Waals surface area contributed by atoms with Crippen LogP contribution in [0, 0.1) is 12.8 Å². The van der Waals surface area contributed by atoms with Crippen molar-refractivity contribution >= 4 is 5.78 Å². The summed E-state index contributed by atoms with van der Waals surface area (Å²) in [7, 11) is 0. The molecule has 0 saturated carbocycles. The van der Waals surface area contributed by atoms with Crippen LogP contribution in [-0.4, -0.2) is 10.9 Å². The smallest absolute Gasteiger partial charge is 0.163 e. The summed E-state index contributed by atoms with van der Waals surface area (Å²) in [6.45, 7) is 16.4. The Labute approximate surface area is 130 Å². The van der Waals surface area contributed by atoms with Gasteiger partial charge in [0.2, 0.25) is 0 Å². The molecule has 0 aliphatic heterocycles. The van der Waals surface area contributed by atoms with Gasteiger partial charge in [0.1, 0.15) is 5.75 Å². The van der Waals surface area contributed by atoms with E-state index in [1.807, 2.05) is 26.8 Å². The second-order valence-electron chi connectivity index (χ2n) is 6.56. The van der Waals surface area contributed by atoms with Gasteiger partial charge < -0.3 is 5.11 Å². The van der Waals surface area contributed by atoms with Crippen LogP contribution >= 0.6 is 0 Å². The van der Waals surface area contributed by atoms with Gasteiger partial charge in [0.25, 0.3) is 0 Å². The molecular formula is C19H32O2. The van der Waals surface area contributed by atoms with E-state index in [1.54, 1.807) is 6.07 Å². The van der Waals surface area contributed by atoms with Gasteiger partial charge in [-0.2, -0.15) is 0 Å². The number of aromatic hydroxyl groups is 1. The topological polar surface area (TPSA) is 37.3 Å². The highest BCUT2D eigenvalue weighted by Crippen LogP contribution is 2.35. The first-order valence-corrected chi connectivity index (χ1v) is 8.00. The quantitative estimate of drug-likeness (QED) is 0.713. The monoisotopic (exact) mass is 292 g/mol. The van der Waals surface area contributed by atoms with Crippen molar-refractivity contribution in [1.82, 2.24) is 0 Å². The number of Topliss-reactive ketones (excluding diaryl/α,β-unsaturated/α-hetero) is 1. The molecule has 0 aliphatic rings. The van der Waals surface area contributed by atoms with E-state index < -0.39 is 0 Å². The number of phenols is 1. The molecule has 0 amide bonds. The van der Waals surface area contributed by atoms with Gasteiger partial charge in [-0.25, -0.2) is 0 Å². The summed E-state index contributed by atoms with van der Waals surface area (Å²) in [4.78, 5) is 11.6. The minimum absolute atomic E-state index is 0.0201. The van der Waals surface area contributed by atoms with Gasteiger partial charge in [0.15, 0.2) is 5.78 Å². The van der Waals surface area contributed by atoms with Crippen molar-refractivity contribution in [3.63, 3.8) is 0 Å². The number of hydrogen-bond acceptors (Lipinski definition) is 2. The molecule has 2 nitrogen and oxygen atoms in total. The van der Waals surface area contributed by atoms with Crippen molar-refractivity contribution in [2.24, 2.45) is 5.92 Å². The molecule has 0 atom stereocenters. The largest absolute Gasteiger partial charge is 0.507 e. The molecule has 0 fully saturated rings. The first-order valence-electron chi connectivity index (χ1n) is 8.00. The average Bonchev–Trinajstić information content (AvgIpc) is 2.38. The third-order valence-corrected chi connectivity index (χ3v) is 3.80. The molecule has 120 valence electrons. The molecule has 1 N–H and O–H groups in total. The van der Waals surface area contributed by atoms with Crippen LogP contribution in [0.5, 0.6) is 5.75 Å². The van der Waals surface area contributed by atoms with Crippen LogP contribution in [0.15, 0.2) is 12.1 Å². The lowest BCUT2D eigenvalue weighted by Crippen LogP contribution is -2.20. The molecule has 0 aliphatic carbocycles. The van der Waals surface area contributed by atoms with Gasteiger partial charge in [-0.3, -0.25) is 4.79 Å². The van der Waals surface area contributed by atoms with Crippen LogP contribution in [-0.2, 0) is 5.41 Å². The van der Waals surface area contributed by atoms with E-state index in [0.717, 1.165) is 24.0 Å². The fourth-order valence-corrected chi connectivity index (χ4v) is 2.49. The second kappa shape index (κ2) is 8.21. The molecule has 1 aromatic carbocycles. The molecule has 2 heteroatoms. The Hall–Kier alpha value is -1.31. The van der Waals surface area contributed by atoms with Crippen molar-refractivity contribution in [2.75, 3.05) is 0 Å². The third-order valence-electron chi connectivity index (χ3n) is 3.80. The summed E-state index contributed by atoms with van der Waals surface area (Å²) in [6.07, 6.45) is 2.23. The van der Waals surface area contributed by atoms with Gasteiger partial charge in [-0.1, -0.05) is 48.0 Å². The molecule has 0 saturated heterocycles. The summed E-state index contributed by atoms with van der Waals surface area (Å²) >= 11 is 0. The maximum Gasteiger partial charge on any atom is 0.163 e. The molecule has 0 heterocycles. The molecule has 1 aromatic rings. The minimum Gasteiger partial charge on any atom is -0.507 e. The standard InChI is InChI=1S/C17H26O2.C2H6/c1-11(2)7-8-17(5,6)15-10-14(13(4)18)16(19)9-12(15)3;1-2/h9-11,19H,7-8H2,1-6H3;1-2H3. The Morgan fingerprint density at radius 3 is 2.19 bits per heavy atom. The first-order chi connectivity index (χ1) is 9.65. The Bertz CT molecular complexity index is 471. The van der Waals surface area contributed by atoms with Crippen molar-refractivity contribution in [1.29, 1.82) is 0 Å². The maximum atomic E-state index is 11.6. The summed E-state index contributed by atoms with van der Waals surface area (Å²) in [5.41, 5.74) is 2.66. The minimum atomic E-state index is -0.0848. The Morgan fingerprint density at radius 2 is 1.76 bits per heavy atom. The number of ketones is 1. The van der Waals surface area contributed by atoms with Crippen molar-refractivity contribution < 1.29 is 9.90 Å². The predicted octanol–water partition coefficient (Wildman–Crippen LogP) is 5.64. The lowest BCUT2D eigenvalue weighted by atomic mass is 9.76. The summed E-state index contributed by atoms with van der Waals surface area (Å²) in [5, 5.41) is 9.85. The zero-order valence-electron chi connectivity index (χ0n) is 15.0. The predicted molar refractivity (Wildman–Crippen MR) is 91.3 cm³/mol. The van der Waals surface area contributed by atoms with Crippen LogP contribution in [0.2, 0.25) is 0 Å². The van der Waals surface area contributed by atoms with E-state index >= 15 is 0 Å². The molecule has 0 radical (unpaired) electrons. The van der Waals surface area contributed by atoms with Crippen molar-refractivity contribution in [3.8, 4) is 5.75 Å². The van der Waals surface area contributed by atoms with Crippen molar-refractivity contribution in [3.05, 3.63) is 28.8 Å². The zero-order valence-corrected chi connectivity index (χ0v) is 15.0. The average molecular weight is 292 g/mol. The Morgan fingerprint density at radius 1 is 1.24 bits per heavy atom. The Balaban J connectivity index is 0.00000191. The number of phenolic OH excluding ortho intramolecular Hbond substituents is 1. The summed E-state index contributed by atoms with van der Waals surface area (Å²) < 4.78 is 0. The van der Waals surface area contributed by atoms with Gasteiger partial charge in [0, 0.05) is 0 Å². The number of aryl methyl sites for hydroxylation is 1. The van der Waals surface area contributed by atoms with E-state index in [2.05, 4.69) is 27.7 Å². The molecule has 0 aromatic heterocycles. The molecule has 0 unspecified atom stereocenters. The molecular weight excluding hydrogens is 260 g/mol. The van der Waals surface area contributed by atoms with Crippen LogP contribution in [0.25, 0.3) is 0 Å². The van der Waals surface area contributed by atoms with E-state index in [-0.39, 0.29) is 16.9 Å². The number of carbonyl (C=O) groups excluding carboxylic acids is 1. The Kier molecular flexibility index (Phi) is 7.70. The highest BCUT2D eigenvalue weighted by molar-refractivity contribution is 5.97. The third kappa shape index (κ3) is 5.53. The molecule has 0 bridgehead atoms. The normalized spacial score (nSPS) is 11.1. The SMILES string of the molecule is CC.CC(=O)c1cc(C(C)(C)CCC(C)C)c(C)cc1O. The highest BCUT2D eigenvalue weighted by Gasteiger charge is 2.24. The second-order valence-corrected chi connectivity index (χ2v) is 6.56. The number of carbonyl (C=O) groups is 1. The van der Waals surface area contributed by atoms with Crippen LogP contribution in [0.4, 0.5) is 0 Å². The highest BCUT2D eigenvalue weighted by atomic mass is 16.3. The zero-order chi connectivity index (χ0) is 16.8. The molecule has 0 spiro atoms. The molecule has 1 rings (SSSR count). The van der Waals surface area contributed by atoms with E-state index in [1.165, 1.54) is 6.92 Å². The van der Waals surface area contributed by atoms with Gasteiger partial charge in [-0.15, -0.1) is 0 Å². The number of benzene rings is 1. The van der Waals surface area contributed by atoms with Gasteiger partial charge in [-0.05, 0) is 54.9 Å². The lowest BCUT2D eigenvalue weighted by molar-refractivity contribution is 0.101. The van der Waals surface area contributed by atoms with Gasteiger partial charge in [0.05, 0.1) is 5.56 Å². The van der Waals surface area contributed by atoms with Gasteiger partial charge >= 0.3 is 0 Å².